The minimum absolute atomic E-state index is 0.0108. The van der Waals surface area contributed by atoms with Crippen LogP contribution in [0.4, 0.5) is 10.2 Å². The van der Waals surface area contributed by atoms with Crippen LogP contribution in [-0.4, -0.2) is 27.3 Å². The van der Waals surface area contributed by atoms with Crippen LogP contribution < -0.4 is 5.32 Å². The van der Waals surface area contributed by atoms with Crippen molar-refractivity contribution in [3.8, 4) is 10.7 Å². The first-order valence-corrected chi connectivity index (χ1v) is 11.1. The number of nitrogens with one attached hydrogen (secondary N) is 1. The molecule has 0 spiro atoms. The Morgan fingerprint density at radius 3 is 2.84 bits per heavy atom. The van der Waals surface area contributed by atoms with Gasteiger partial charge in [-0.05, 0) is 53.3 Å². The second-order valence-electron chi connectivity index (χ2n) is 7.66. The number of hydrogen-bond donors (Lipinski definition) is 1. The number of para-hydroxylation sites is 1. The molecule has 4 aromatic rings. The highest BCUT2D eigenvalue weighted by Crippen LogP contribution is 2.33. The van der Waals surface area contributed by atoms with Gasteiger partial charge in [-0.25, -0.2) is 14.4 Å². The van der Waals surface area contributed by atoms with Crippen molar-refractivity contribution in [2.75, 3.05) is 11.9 Å². The summed E-state index contributed by atoms with van der Waals surface area (Å²) in [6.07, 6.45) is 0.699. The van der Waals surface area contributed by atoms with Crippen LogP contribution in [0, 0.1) is 5.82 Å². The van der Waals surface area contributed by atoms with E-state index in [1.807, 2.05) is 47.8 Å². The first-order valence-electron chi connectivity index (χ1n) is 10.2. The summed E-state index contributed by atoms with van der Waals surface area (Å²) >= 11 is 1.60. The summed E-state index contributed by atoms with van der Waals surface area (Å²) in [5.74, 6) is 1.11. The molecule has 0 radical (unpaired) electrons. The van der Waals surface area contributed by atoms with Gasteiger partial charge in [0.05, 0.1) is 16.4 Å². The van der Waals surface area contributed by atoms with E-state index in [2.05, 4.69) is 5.32 Å². The van der Waals surface area contributed by atoms with Crippen LogP contribution in [0.15, 0.2) is 60.0 Å². The molecule has 5 nitrogen and oxygen atoms in total. The van der Waals surface area contributed by atoms with E-state index in [1.165, 1.54) is 12.1 Å². The smallest absolute Gasteiger partial charge is 0.219 e. The average Bonchev–Trinajstić information content (AvgIpc) is 3.24. The number of nitrogens with zero attached hydrogens (tertiary/aromatic N) is 3. The van der Waals surface area contributed by atoms with Crippen LogP contribution in [0.5, 0.6) is 0 Å². The van der Waals surface area contributed by atoms with Crippen molar-refractivity contribution >= 4 is 34.0 Å². The number of anilines is 1. The second kappa shape index (κ2) is 8.07. The second-order valence-corrected chi connectivity index (χ2v) is 8.61. The van der Waals surface area contributed by atoms with Gasteiger partial charge in [-0.15, -0.1) is 11.3 Å². The van der Waals surface area contributed by atoms with Crippen molar-refractivity contribution < 1.29 is 9.18 Å². The number of hydrogen-bond acceptors (Lipinski definition) is 5. The van der Waals surface area contributed by atoms with Gasteiger partial charge in [-0.3, -0.25) is 4.79 Å². The molecule has 0 bridgehead atoms. The maximum Gasteiger partial charge on any atom is 0.219 e. The fourth-order valence-corrected chi connectivity index (χ4v) is 4.72. The van der Waals surface area contributed by atoms with E-state index in [1.54, 1.807) is 23.2 Å². The Hall–Kier alpha value is -3.32. The minimum atomic E-state index is -0.296. The molecular formula is C24H21FN4OS. The molecule has 31 heavy (non-hydrogen) atoms. The monoisotopic (exact) mass is 432 g/mol. The SMILES string of the molecule is CC(=O)N1CCC(Nc2nc(-c3cccs3)nc3ccccc23)c2ccc(F)cc2C1. The lowest BCUT2D eigenvalue weighted by Gasteiger charge is -2.21. The number of carbonyl (C=O) groups excluding carboxylic acids is 1. The van der Waals surface area contributed by atoms with E-state index >= 15 is 0 Å². The van der Waals surface area contributed by atoms with Gasteiger partial charge in [0.25, 0.3) is 0 Å². The third-order valence-electron chi connectivity index (χ3n) is 5.63. The van der Waals surface area contributed by atoms with Crippen molar-refractivity contribution in [2.45, 2.75) is 25.9 Å². The quantitative estimate of drug-likeness (QED) is 0.471. The molecular weight excluding hydrogens is 411 g/mol. The van der Waals surface area contributed by atoms with Gasteiger partial charge in [0.1, 0.15) is 11.6 Å². The zero-order valence-corrected chi connectivity index (χ0v) is 17.8. The first kappa shape index (κ1) is 19.6. The maximum absolute atomic E-state index is 14.0. The van der Waals surface area contributed by atoms with Crippen molar-refractivity contribution in [3.05, 3.63) is 76.9 Å². The number of benzene rings is 2. The lowest BCUT2D eigenvalue weighted by atomic mass is 9.99. The molecule has 1 atom stereocenters. The van der Waals surface area contributed by atoms with Crippen LogP contribution in [0.2, 0.25) is 0 Å². The van der Waals surface area contributed by atoms with E-state index in [-0.39, 0.29) is 17.8 Å². The number of fused-ring (bicyclic) bond motifs is 2. The molecule has 7 heteroatoms. The zero-order chi connectivity index (χ0) is 21.4. The molecule has 1 amide bonds. The number of amides is 1. The Kier molecular flexibility index (Phi) is 5.11. The number of carbonyl (C=O) groups is 1. The molecule has 1 aliphatic heterocycles. The number of aromatic nitrogens is 2. The lowest BCUT2D eigenvalue weighted by Crippen LogP contribution is -2.28. The van der Waals surface area contributed by atoms with Gasteiger partial charge in [-0.1, -0.05) is 24.3 Å². The molecule has 0 aliphatic carbocycles. The summed E-state index contributed by atoms with van der Waals surface area (Å²) in [4.78, 5) is 24.4. The largest absolute Gasteiger partial charge is 0.363 e. The van der Waals surface area contributed by atoms with Gasteiger partial charge < -0.3 is 10.2 Å². The number of thiophene rings is 1. The normalized spacial score (nSPS) is 16.1. The Morgan fingerprint density at radius 2 is 2.03 bits per heavy atom. The summed E-state index contributed by atoms with van der Waals surface area (Å²) in [6, 6.07) is 16.6. The molecule has 2 aromatic heterocycles. The van der Waals surface area contributed by atoms with Gasteiger partial charge >= 0.3 is 0 Å². The van der Waals surface area contributed by atoms with E-state index in [4.69, 9.17) is 9.97 Å². The lowest BCUT2D eigenvalue weighted by molar-refractivity contribution is -0.129. The zero-order valence-electron chi connectivity index (χ0n) is 17.0. The van der Waals surface area contributed by atoms with Gasteiger partial charge in [0.2, 0.25) is 5.91 Å². The molecule has 156 valence electrons. The highest BCUT2D eigenvalue weighted by atomic mass is 32.1. The van der Waals surface area contributed by atoms with Crippen molar-refractivity contribution in [1.29, 1.82) is 0 Å². The van der Waals surface area contributed by atoms with Crippen molar-refractivity contribution in [2.24, 2.45) is 0 Å². The summed E-state index contributed by atoms with van der Waals surface area (Å²) in [7, 11) is 0. The molecule has 2 aromatic carbocycles. The minimum Gasteiger partial charge on any atom is -0.363 e. The van der Waals surface area contributed by atoms with E-state index < -0.39 is 0 Å². The molecule has 3 heterocycles. The summed E-state index contributed by atoms with van der Waals surface area (Å²) < 4.78 is 14.0. The Bertz CT molecular complexity index is 1260. The molecule has 5 rings (SSSR count). The molecule has 0 saturated heterocycles. The van der Waals surface area contributed by atoms with Crippen LogP contribution in [0.3, 0.4) is 0 Å². The van der Waals surface area contributed by atoms with Crippen LogP contribution >= 0.6 is 11.3 Å². The Labute approximate surface area is 183 Å². The molecule has 1 aliphatic rings. The summed E-state index contributed by atoms with van der Waals surface area (Å²) in [5.41, 5.74) is 2.68. The standard InChI is InChI=1S/C24H21FN4OS/c1-15(30)29-11-10-21(18-9-8-17(25)13-16(18)14-29)26-23-19-5-2-3-6-20(19)27-24(28-23)22-7-4-12-31-22/h2-9,12-13,21H,10-11,14H2,1H3,(H,26,27,28). The average molecular weight is 433 g/mol. The summed E-state index contributed by atoms with van der Waals surface area (Å²) in [5, 5.41) is 6.53. The highest BCUT2D eigenvalue weighted by Gasteiger charge is 2.25. The fourth-order valence-electron chi connectivity index (χ4n) is 4.06. The number of rotatable bonds is 3. The Morgan fingerprint density at radius 1 is 1.16 bits per heavy atom. The van der Waals surface area contributed by atoms with Gasteiger partial charge in [-0.2, -0.15) is 0 Å². The van der Waals surface area contributed by atoms with Crippen molar-refractivity contribution in [1.82, 2.24) is 14.9 Å². The predicted octanol–water partition coefficient (Wildman–Crippen LogP) is 5.40. The highest BCUT2D eigenvalue weighted by molar-refractivity contribution is 7.13. The summed E-state index contributed by atoms with van der Waals surface area (Å²) in [6.45, 7) is 2.55. The van der Waals surface area contributed by atoms with E-state index in [0.29, 0.717) is 25.3 Å². The van der Waals surface area contributed by atoms with Crippen LogP contribution in [-0.2, 0) is 11.3 Å². The number of halogens is 1. The third-order valence-corrected chi connectivity index (χ3v) is 6.50. The van der Waals surface area contributed by atoms with Crippen LogP contribution in [0.25, 0.3) is 21.6 Å². The first-order chi connectivity index (χ1) is 15.1. The molecule has 1 N–H and O–H groups in total. The maximum atomic E-state index is 14.0. The molecule has 1 unspecified atom stereocenters. The van der Waals surface area contributed by atoms with Gasteiger partial charge in [0.15, 0.2) is 5.82 Å². The predicted molar refractivity (Wildman–Crippen MR) is 121 cm³/mol. The topological polar surface area (TPSA) is 58.1 Å². The Balaban J connectivity index is 1.59. The third kappa shape index (κ3) is 3.88. The van der Waals surface area contributed by atoms with E-state index in [0.717, 1.165) is 32.7 Å². The molecule has 0 fully saturated rings. The molecule has 0 saturated carbocycles. The van der Waals surface area contributed by atoms with E-state index in [9.17, 15) is 9.18 Å². The fraction of sp³-hybridized carbons (Fsp3) is 0.208. The van der Waals surface area contributed by atoms with Gasteiger partial charge in [0, 0.05) is 25.4 Å². The van der Waals surface area contributed by atoms with Crippen LogP contribution in [0.1, 0.15) is 30.5 Å². The van der Waals surface area contributed by atoms with Crippen molar-refractivity contribution in [3.63, 3.8) is 0 Å².